The molecule has 1 aliphatic carbocycles. The quantitative estimate of drug-likeness (QED) is 0.855. The lowest BCUT2D eigenvalue weighted by molar-refractivity contribution is 0.419. The summed E-state index contributed by atoms with van der Waals surface area (Å²) in [6.07, 6.45) is 4.37. The maximum absolute atomic E-state index is 5.67. The predicted molar refractivity (Wildman–Crippen MR) is 63.1 cm³/mol. The van der Waals surface area contributed by atoms with E-state index in [1.54, 1.807) is 18.5 Å². The van der Waals surface area contributed by atoms with Gasteiger partial charge in [0.25, 0.3) is 5.89 Å². The van der Waals surface area contributed by atoms with E-state index in [4.69, 9.17) is 10.3 Å². The molecule has 0 bridgehead atoms. The van der Waals surface area contributed by atoms with Crippen molar-refractivity contribution in [1.82, 2.24) is 15.1 Å². The Balaban J connectivity index is 1.91. The Bertz CT molecular complexity index is 561. The zero-order chi connectivity index (χ0) is 12.0. The van der Waals surface area contributed by atoms with Crippen LogP contribution in [0, 0.1) is 5.41 Å². The van der Waals surface area contributed by atoms with Crippen molar-refractivity contribution < 1.29 is 4.52 Å². The van der Waals surface area contributed by atoms with Gasteiger partial charge >= 0.3 is 0 Å². The number of hydrogen-bond acceptors (Lipinski definition) is 5. The predicted octanol–water partition coefficient (Wildman–Crippen LogP) is 2.23. The van der Waals surface area contributed by atoms with E-state index >= 15 is 0 Å². The first-order valence-corrected chi connectivity index (χ1v) is 5.61. The highest BCUT2D eigenvalue weighted by Gasteiger charge is 2.49. The highest BCUT2D eigenvalue weighted by molar-refractivity contribution is 5.57. The summed E-state index contributed by atoms with van der Waals surface area (Å²) in [4.78, 5) is 8.41. The Kier molecular flexibility index (Phi) is 1.98. The Labute approximate surface area is 99.1 Å². The van der Waals surface area contributed by atoms with E-state index < -0.39 is 0 Å². The van der Waals surface area contributed by atoms with Crippen LogP contribution >= 0.6 is 0 Å². The van der Waals surface area contributed by atoms with Crippen molar-refractivity contribution >= 4 is 5.69 Å². The molecule has 0 radical (unpaired) electrons. The second-order valence-electron chi connectivity index (χ2n) is 5.21. The molecule has 2 aromatic heterocycles. The largest absolute Gasteiger partial charge is 0.397 e. The van der Waals surface area contributed by atoms with Gasteiger partial charge in [-0.25, -0.2) is 0 Å². The number of nitrogen functional groups attached to an aromatic ring is 1. The lowest BCUT2D eigenvalue weighted by atomic mass is 10.1. The third-order valence-electron chi connectivity index (χ3n) is 3.27. The molecule has 17 heavy (non-hydrogen) atoms. The summed E-state index contributed by atoms with van der Waals surface area (Å²) in [7, 11) is 0. The number of nitrogens with two attached hydrogens (primary N) is 1. The zero-order valence-corrected chi connectivity index (χ0v) is 9.84. The van der Waals surface area contributed by atoms with Crippen LogP contribution < -0.4 is 5.73 Å². The van der Waals surface area contributed by atoms with Gasteiger partial charge in [-0.2, -0.15) is 4.98 Å². The third kappa shape index (κ3) is 1.77. The summed E-state index contributed by atoms with van der Waals surface area (Å²) < 4.78 is 5.24. The Hall–Kier alpha value is -1.91. The number of anilines is 1. The average Bonchev–Trinajstić information content (AvgIpc) is 2.76. The molecule has 0 saturated heterocycles. The monoisotopic (exact) mass is 230 g/mol. The number of pyridine rings is 1. The lowest BCUT2D eigenvalue weighted by Gasteiger charge is -1.96. The molecule has 3 rings (SSSR count). The van der Waals surface area contributed by atoms with Crippen LogP contribution in [0.5, 0.6) is 0 Å². The van der Waals surface area contributed by atoms with Gasteiger partial charge in [0.05, 0.1) is 11.3 Å². The molecule has 88 valence electrons. The number of nitrogens with zero attached hydrogens (tertiary/aromatic N) is 3. The summed E-state index contributed by atoms with van der Waals surface area (Å²) in [5.41, 5.74) is 7.32. The Morgan fingerprint density at radius 2 is 2.18 bits per heavy atom. The van der Waals surface area contributed by atoms with Crippen molar-refractivity contribution in [2.45, 2.75) is 26.2 Å². The summed E-state index contributed by atoms with van der Waals surface area (Å²) in [6.45, 7) is 4.41. The summed E-state index contributed by atoms with van der Waals surface area (Å²) in [5, 5.41) is 4.03. The highest BCUT2D eigenvalue weighted by Crippen LogP contribution is 2.57. The molecule has 1 fully saturated rings. The van der Waals surface area contributed by atoms with E-state index in [0.29, 0.717) is 22.9 Å². The molecule has 1 saturated carbocycles. The van der Waals surface area contributed by atoms with Crippen LogP contribution in [0.1, 0.15) is 32.0 Å². The van der Waals surface area contributed by atoms with E-state index in [2.05, 4.69) is 29.0 Å². The zero-order valence-electron chi connectivity index (χ0n) is 9.84. The van der Waals surface area contributed by atoms with Crippen molar-refractivity contribution in [1.29, 1.82) is 0 Å². The number of aromatic nitrogens is 3. The Morgan fingerprint density at radius 1 is 1.41 bits per heavy atom. The van der Waals surface area contributed by atoms with E-state index in [9.17, 15) is 0 Å². The summed E-state index contributed by atoms with van der Waals surface area (Å²) >= 11 is 0. The standard InChI is InChI=1S/C12H14N4O/c1-12(2)4-9(12)10-15-11(17-16-10)7-3-8(13)6-14-5-7/h3,5-6,9H,4,13H2,1-2H3. The van der Waals surface area contributed by atoms with Gasteiger partial charge in [-0.1, -0.05) is 19.0 Å². The fourth-order valence-corrected chi connectivity index (χ4v) is 1.98. The van der Waals surface area contributed by atoms with Gasteiger partial charge in [-0.3, -0.25) is 4.98 Å². The van der Waals surface area contributed by atoms with Crippen LogP contribution in [0.2, 0.25) is 0 Å². The molecule has 0 amide bonds. The second kappa shape index (κ2) is 3.29. The SMILES string of the molecule is CC1(C)CC1c1noc(-c2cncc(N)c2)n1. The lowest BCUT2D eigenvalue weighted by Crippen LogP contribution is -1.92. The molecule has 2 aromatic rings. The molecular formula is C12H14N4O. The molecule has 5 heteroatoms. The fraction of sp³-hybridized carbons (Fsp3) is 0.417. The minimum atomic E-state index is 0.301. The molecule has 5 nitrogen and oxygen atoms in total. The minimum absolute atomic E-state index is 0.301. The first kappa shape index (κ1) is 10.3. The van der Waals surface area contributed by atoms with Crippen LogP contribution in [0.15, 0.2) is 23.0 Å². The highest BCUT2D eigenvalue weighted by atomic mass is 16.5. The number of rotatable bonds is 2. The topological polar surface area (TPSA) is 77.8 Å². The average molecular weight is 230 g/mol. The fourth-order valence-electron chi connectivity index (χ4n) is 1.98. The molecule has 2 heterocycles. The van der Waals surface area contributed by atoms with Crippen molar-refractivity contribution in [3.63, 3.8) is 0 Å². The molecule has 0 aromatic carbocycles. The van der Waals surface area contributed by atoms with Gasteiger partial charge in [-0.15, -0.1) is 0 Å². The molecule has 2 N–H and O–H groups in total. The number of hydrogen-bond donors (Lipinski definition) is 1. The molecule has 1 unspecified atom stereocenters. The summed E-state index contributed by atoms with van der Waals surface area (Å²) in [5.74, 6) is 1.68. The second-order valence-corrected chi connectivity index (χ2v) is 5.21. The smallest absolute Gasteiger partial charge is 0.259 e. The van der Waals surface area contributed by atoms with Gasteiger partial charge in [0.2, 0.25) is 0 Å². The third-order valence-corrected chi connectivity index (χ3v) is 3.27. The van der Waals surface area contributed by atoms with Gasteiger partial charge in [0.15, 0.2) is 5.82 Å². The van der Waals surface area contributed by atoms with Gasteiger partial charge < -0.3 is 10.3 Å². The van der Waals surface area contributed by atoms with E-state index in [-0.39, 0.29) is 0 Å². The molecule has 1 atom stereocenters. The van der Waals surface area contributed by atoms with Gasteiger partial charge in [-0.05, 0) is 17.9 Å². The van der Waals surface area contributed by atoms with Crippen LogP contribution in [-0.4, -0.2) is 15.1 Å². The van der Waals surface area contributed by atoms with Crippen LogP contribution in [0.25, 0.3) is 11.5 Å². The van der Waals surface area contributed by atoms with Crippen molar-refractivity contribution in [3.8, 4) is 11.5 Å². The molecule has 0 spiro atoms. The first-order valence-electron chi connectivity index (χ1n) is 5.61. The van der Waals surface area contributed by atoms with E-state index in [1.807, 2.05) is 0 Å². The van der Waals surface area contributed by atoms with Crippen LogP contribution in [0.4, 0.5) is 5.69 Å². The molecule has 0 aliphatic heterocycles. The molecule has 1 aliphatic rings. The normalized spacial score (nSPS) is 21.4. The van der Waals surface area contributed by atoms with E-state index in [1.165, 1.54) is 0 Å². The Morgan fingerprint density at radius 3 is 2.82 bits per heavy atom. The van der Waals surface area contributed by atoms with Crippen molar-refractivity contribution in [2.24, 2.45) is 5.41 Å². The van der Waals surface area contributed by atoms with Crippen LogP contribution in [-0.2, 0) is 0 Å². The van der Waals surface area contributed by atoms with Crippen LogP contribution in [0.3, 0.4) is 0 Å². The van der Waals surface area contributed by atoms with Gasteiger partial charge in [0, 0.05) is 18.3 Å². The van der Waals surface area contributed by atoms with Crippen molar-refractivity contribution in [3.05, 3.63) is 24.3 Å². The summed E-state index contributed by atoms with van der Waals surface area (Å²) in [6, 6.07) is 1.78. The minimum Gasteiger partial charge on any atom is -0.397 e. The maximum Gasteiger partial charge on any atom is 0.259 e. The van der Waals surface area contributed by atoms with E-state index in [0.717, 1.165) is 17.8 Å². The van der Waals surface area contributed by atoms with Gasteiger partial charge in [0.1, 0.15) is 0 Å². The maximum atomic E-state index is 5.67. The first-order chi connectivity index (χ1) is 8.06. The van der Waals surface area contributed by atoms with Crippen molar-refractivity contribution in [2.75, 3.05) is 5.73 Å². The molecular weight excluding hydrogens is 216 g/mol.